The normalized spacial score (nSPS) is 11.7. The fraction of sp³-hybridized carbons (Fsp3) is 0.222. The van der Waals surface area contributed by atoms with Crippen LogP contribution in [-0.4, -0.2) is 24.3 Å². The van der Waals surface area contributed by atoms with Gasteiger partial charge in [-0.05, 0) is 65.2 Å². The van der Waals surface area contributed by atoms with Gasteiger partial charge in [0, 0.05) is 17.3 Å². The van der Waals surface area contributed by atoms with Gasteiger partial charge < -0.3 is 9.67 Å². The average Bonchev–Trinajstić information content (AvgIpc) is 3.09. The van der Waals surface area contributed by atoms with Gasteiger partial charge in [0.2, 0.25) is 0 Å². The molecular weight excluding hydrogens is 404 g/mol. The number of nitrogens with zero attached hydrogens (tertiary/aromatic N) is 4. The standard InChI is InChI=1S/C18H16BrClN4O/c1-10-3-17-16(7-15(19)18-22-21-11(2)24(17)18)23(10)8-12-4-13(9-25)6-14(20)5-12/h3-7,25H,8-9H2,1-2H3. The number of pyridine rings is 1. The number of fused-ring (bicyclic) bond motifs is 3. The highest BCUT2D eigenvalue weighted by atomic mass is 79.9. The molecule has 128 valence electrons. The van der Waals surface area contributed by atoms with E-state index in [1.165, 1.54) is 0 Å². The van der Waals surface area contributed by atoms with Gasteiger partial charge in [0.15, 0.2) is 5.65 Å². The molecule has 1 aromatic carbocycles. The van der Waals surface area contributed by atoms with Crippen molar-refractivity contribution < 1.29 is 5.11 Å². The fourth-order valence-corrected chi connectivity index (χ4v) is 4.05. The summed E-state index contributed by atoms with van der Waals surface area (Å²) in [6.07, 6.45) is 0. The highest BCUT2D eigenvalue weighted by Gasteiger charge is 2.15. The highest BCUT2D eigenvalue weighted by molar-refractivity contribution is 9.10. The maximum Gasteiger partial charge on any atom is 0.175 e. The fourth-order valence-electron chi connectivity index (χ4n) is 3.29. The molecule has 0 bridgehead atoms. The van der Waals surface area contributed by atoms with Crippen molar-refractivity contribution in [3.8, 4) is 0 Å². The van der Waals surface area contributed by atoms with Gasteiger partial charge in [-0.25, -0.2) is 0 Å². The number of aryl methyl sites for hydroxylation is 2. The van der Waals surface area contributed by atoms with Gasteiger partial charge in [0.25, 0.3) is 0 Å². The summed E-state index contributed by atoms with van der Waals surface area (Å²) in [6.45, 7) is 4.67. The lowest BCUT2D eigenvalue weighted by Gasteiger charge is -2.11. The van der Waals surface area contributed by atoms with E-state index in [9.17, 15) is 5.11 Å². The third kappa shape index (κ3) is 2.74. The van der Waals surface area contributed by atoms with Crippen molar-refractivity contribution in [2.24, 2.45) is 0 Å². The average molecular weight is 420 g/mol. The molecule has 0 unspecified atom stereocenters. The second kappa shape index (κ2) is 6.12. The Balaban J connectivity index is 1.92. The summed E-state index contributed by atoms with van der Waals surface area (Å²) >= 11 is 9.79. The van der Waals surface area contributed by atoms with Crippen LogP contribution in [0.2, 0.25) is 5.02 Å². The van der Waals surface area contributed by atoms with Crippen molar-refractivity contribution >= 4 is 44.2 Å². The number of aliphatic hydroxyl groups is 1. The molecular formula is C18H16BrClN4O. The molecule has 0 aliphatic heterocycles. The minimum absolute atomic E-state index is 0.0228. The Morgan fingerprint density at radius 3 is 2.56 bits per heavy atom. The van der Waals surface area contributed by atoms with Gasteiger partial charge in [0.05, 0.1) is 22.1 Å². The maximum absolute atomic E-state index is 9.41. The lowest BCUT2D eigenvalue weighted by atomic mass is 10.1. The summed E-state index contributed by atoms with van der Waals surface area (Å²) in [7, 11) is 0. The lowest BCUT2D eigenvalue weighted by Crippen LogP contribution is -2.03. The van der Waals surface area contributed by atoms with Crippen LogP contribution >= 0.6 is 27.5 Å². The van der Waals surface area contributed by atoms with Gasteiger partial charge in [-0.15, -0.1) is 10.2 Å². The Kier molecular flexibility index (Phi) is 4.06. The number of hydrogen-bond donors (Lipinski definition) is 1. The van der Waals surface area contributed by atoms with E-state index in [2.05, 4.69) is 54.2 Å². The molecule has 4 aromatic rings. The van der Waals surface area contributed by atoms with E-state index < -0.39 is 0 Å². The number of hydrogen-bond acceptors (Lipinski definition) is 3. The Labute approximate surface area is 158 Å². The van der Waals surface area contributed by atoms with Crippen LogP contribution in [0, 0.1) is 13.8 Å². The van der Waals surface area contributed by atoms with E-state index in [0.717, 1.165) is 43.8 Å². The smallest absolute Gasteiger partial charge is 0.175 e. The largest absolute Gasteiger partial charge is 0.392 e. The number of aliphatic hydroxyl groups excluding tert-OH is 1. The topological polar surface area (TPSA) is 55.4 Å². The molecule has 0 aliphatic carbocycles. The van der Waals surface area contributed by atoms with Crippen LogP contribution in [0.25, 0.3) is 16.7 Å². The van der Waals surface area contributed by atoms with Crippen LogP contribution in [-0.2, 0) is 13.2 Å². The Bertz CT molecular complexity index is 1120. The first kappa shape index (κ1) is 16.6. The molecule has 0 aliphatic rings. The lowest BCUT2D eigenvalue weighted by molar-refractivity contribution is 0.281. The van der Waals surface area contributed by atoms with Crippen molar-refractivity contribution in [1.29, 1.82) is 0 Å². The highest BCUT2D eigenvalue weighted by Crippen LogP contribution is 2.29. The van der Waals surface area contributed by atoms with E-state index in [1.54, 1.807) is 6.07 Å². The Hall–Kier alpha value is -1.89. The summed E-state index contributed by atoms with van der Waals surface area (Å²) in [6, 6.07) is 9.91. The van der Waals surface area contributed by atoms with Crippen molar-refractivity contribution in [3.05, 3.63) is 62.5 Å². The third-order valence-electron chi connectivity index (χ3n) is 4.41. The van der Waals surface area contributed by atoms with E-state index >= 15 is 0 Å². The van der Waals surface area contributed by atoms with Crippen LogP contribution in [0.1, 0.15) is 22.6 Å². The zero-order chi connectivity index (χ0) is 17.7. The molecule has 25 heavy (non-hydrogen) atoms. The van der Waals surface area contributed by atoms with Gasteiger partial charge in [-0.1, -0.05) is 17.7 Å². The van der Waals surface area contributed by atoms with E-state index in [1.807, 2.05) is 19.1 Å². The Morgan fingerprint density at radius 1 is 1.04 bits per heavy atom. The molecule has 0 amide bonds. The zero-order valence-electron chi connectivity index (χ0n) is 13.8. The predicted octanol–water partition coefficient (Wildman–Crippen LogP) is 4.26. The second-order valence-corrected chi connectivity index (χ2v) is 7.46. The third-order valence-corrected chi connectivity index (χ3v) is 5.21. The summed E-state index contributed by atoms with van der Waals surface area (Å²) in [4.78, 5) is 0. The first-order valence-corrected chi connectivity index (χ1v) is 9.04. The number of benzene rings is 1. The zero-order valence-corrected chi connectivity index (χ0v) is 16.1. The summed E-state index contributed by atoms with van der Waals surface area (Å²) in [5, 5.41) is 18.5. The molecule has 7 heteroatoms. The van der Waals surface area contributed by atoms with Crippen LogP contribution in [0.5, 0.6) is 0 Å². The number of halogens is 2. The molecule has 3 aromatic heterocycles. The van der Waals surface area contributed by atoms with Crippen molar-refractivity contribution in [1.82, 2.24) is 19.2 Å². The van der Waals surface area contributed by atoms with Crippen molar-refractivity contribution in [2.45, 2.75) is 27.0 Å². The van der Waals surface area contributed by atoms with Gasteiger partial charge >= 0.3 is 0 Å². The predicted molar refractivity (Wildman–Crippen MR) is 102 cm³/mol. The second-order valence-electron chi connectivity index (χ2n) is 6.17. The Morgan fingerprint density at radius 2 is 1.80 bits per heavy atom. The molecule has 5 nitrogen and oxygen atoms in total. The summed E-state index contributed by atoms with van der Waals surface area (Å²) < 4.78 is 5.19. The number of aromatic nitrogens is 4. The monoisotopic (exact) mass is 418 g/mol. The minimum atomic E-state index is -0.0228. The minimum Gasteiger partial charge on any atom is -0.392 e. The van der Waals surface area contributed by atoms with Crippen LogP contribution in [0.4, 0.5) is 0 Å². The van der Waals surface area contributed by atoms with Gasteiger partial charge in [-0.3, -0.25) is 4.40 Å². The van der Waals surface area contributed by atoms with Crippen LogP contribution in [0.3, 0.4) is 0 Å². The quantitative estimate of drug-likeness (QED) is 0.540. The first-order valence-electron chi connectivity index (χ1n) is 7.87. The maximum atomic E-state index is 9.41. The molecule has 0 saturated carbocycles. The molecule has 0 saturated heterocycles. The van der Waals surface area contributed by atoms with Crippen molar-refractivity contribution in [3.63, 3.8) is 0 Å². The van der Waals surface area contributed by atoms with Crippen molar-refractivity contribution in [2.75, 3.05) is 0 Å². The number of rotatable bonds is 3. The molecule has 1 N–H and O–H groups in total. The van der Waals surface area contributed by atoms with Crippen LogP contribution < -0.4 is 0 Å². The summed E-state index contributed by atoms with van der Waals surface area (Å²) in [5.74, 6) is 0.851. The summed E-state index contributed by atoms with van der Waals surface area (Å²) in [5.41, 5.74) is 5.97. The van der Waals surface area contributed by atoms with E-state index in [4.69, 9.17) is 11.6 Å². The van der Waals surface area contributed by atoms with E-state index in [0.29, 0.717) is 11.6 Å². The van der Waals surface area contributed by atoms with Gasteiger partial charge in [0.1, 0.15) is 5.82 Å². The molecule has 4 rings (SSSR count). The van der Waals surface area contributed by atoms with Crippen LogP contribution in [0.15, 0.2) is 34.8 Å². The van der Waals surface area contributed by atoms with Gasteiger partial charge in [-0.2, -0.15) is 0 Å². The SMILES string of the molecule is Cc1cc2c(cc(Br)c3nnc(C)n32)n1Cc1cc(Cl)cc(CO)c1. The molecule has 0 atom stereocenters. The molecule has 3 heterocycles. The first-order chi connectivity index (χ1) is 12.0. The molecule has 0 spiro atoms. The van der Waals surface area contributed by atoms with E-state index in [-0.39, 0.29) is 6.61 Å². The molecule has 0 fully saturated rings. The molecule has 0 radical (unpaired) electrons.